The monoisotopic (exact) mass is 289 g/mol. The molecule has 0 saturated carbocycles. The summed E-state index contributed by atoms with van der Waals surface area (Å²) in [6, 6.07) is 5.52. The van der Waals surface area contributed by atoms with Gasteiger partial charge in [-0.05, 0) is 19.1 Å². The van der Waals surface area contributed by atoms with E-state index in [1.165, 1.54) is 24.3 Å². The predicted octanol–water partition coefficient (Wildman–Crippen LogP) is 1.52. The Labute approximate surface area is 118 Å². The van der Waals surface area contributed by atoms with E-state index in [1.54, 1.807) is 6.92 Å². The summed E-state index contributed by atoms with van der Waals surface area (Å²) in [5, 5.41) is 10.6. The standard InChI is InChI=1S/C13H11N3O5/c1-2-21-13(18)10-7-14-11(15-12(10)17)8-3-5-9(6-4-8)16(19)20/h3-7H,2H2,1H3,(H,14,15,17). The number of carbonyl (C=O) groups excluding carboxylic acids is 1. The molecule has 8 nitrogen and oxygen atoms in total. The minimum atomic E-state index is -0.749. The van der Waals surface area contributed by atoms with Gasteiger partial charge in [0, 0.05) is 23.9 Å². The first-order valence-electron chi connectivity index (χ1n) is 6.04. The minimum absolute atomic E-state index is 0.0655. The van der Waals surface area contributed by atoms with Crippen LogP contribution in [0.3, 0.4) is 0 Å². The number of nitrogens with one attached hydrogen (secondary N) is 1. The van der Waals surface area contributed by atoms with E-state index in [1.807, 2.05) is 0 Å². The number of non-ortho nitro benzene ring substituents is 1. The number of carbonyl (C=O) groups is 1. The molecule has 1 aromatic carbocycles. The highest BCUT2D eigenvalue weighted by Crippen LogP contribution is 2.18. The number of nitro benzene ring substituents is 1. The number of H-pyrrole nitrogens is 1. The van der Waals surface area contributed by atoms with Crippen molar-refractivity contribution in [2.45, 2.75) is 6.92 Å². The highest BCUT2D eigenvalue weighted by atomic mass is 16.6. The van der Waals surface area contributed by atoms with E-state index in [0.717, 1.165) is 6.20 Å². The minimum Gasteiger partial charge on any atom is -0.462 e. The number of hydrogen-bond donors (Lipinski definition) is 1. The van der Waals surface area contributed by atoms with E-state index in [4.69, 9.17) is 4.74 Å². The van der Waals surface area contributed by atoms with Crippen molar-refractivity contribution in [1.82, 2.24) is 9.97 Å². The molecule has 0 aliphatic heterocycles. The third kappa shape index (κ3) is 3.11. The van der Waals surface area contributed by atoms with Crippen molar-refractivity contribution in [3.63, 3.8) is 0 Å². The van der Waals surface area contributed by atoms with Crippen molar-refractivity contribution in [3.8, 4) is 11.4 Å². The molecule has 0 unspecified atom stereocenters. The first-order valence-corrected chi connectivity index (χ1v) is 6.04. The number of benzene rings is 1. The van der Waals surface area contributed by atoms with Gasteiger partial charge in [0.2, 0.25) is 0 Å². The average molecular weight is 289 g/mol. The molecule has 8 heteroatoms. The molecule has 0 bridgehead atoms. The topological polar surface area (TPSA) is 115 Å². The van der Waals surface area contributed by atoms with Crippen LogP contribution in [0.5, 0.6) is 0 Å². The van der Waals surface area contributed by atoms with Crippen molar-refractivity contribution in [2.75, 3.05) is 6.61 Å². The number of nitro groups is 1. The summed E-state index contributed by atoms with van der Waals surface area (Å²) in [5.41, 5.74) is -0.392. The Kier molecular flexibility index (Phi) is 4.07. The molecule has 108 valence electrons. The Morgan fingerprint density at radius 2 is 2.05 bits per heavy atom. The SMILES string of the molecule is CCOC(=O)c1cnc(-c2ccc([N+](=O)[O-])cc2)[nH]c1=O. The quantitative estimate of drug-likeness (QED) is 0.518. The molecule has 0 atom stereocenters. The van der Waals surface area contributed by atoms with Gasteiger partial charge in [-0.3, -0.25) is 14.9 Å². The molecule has 0 aliphatic carbocycles. The van der Waals surface area contributed by atoms with E-state index in [9.17, 15) is 19.7 Å². The van der Waals surface area contributed by atoms with Crippen LogP contribution in [0, 0.1) is 10.1 Å². The van der Waals surface area contributed by atoms with E-state index in [-0.39, 0.29) is 23.7 Å². The third-order valence-electron chi connectivity index (χ3n) is 2.65. The smallest absolute Gasteiger partial charge is 0.345 e. The lowest BCUT2D eigenvalue weighted by Gasteiger charge is -2.03. The van der Waals surface area contributed by atoms with Gasteiger partial charge in [0.25, 0.3) is 11.2 Å². The zero-order chi connectivity index (χ0) is 15.4. The molecule has 2 aromatic rings. The summed E-state index contributed by atoms with van der Waals surface area (Å²) in [5.74, 6) is -0.538. The van der Waals surface area contributed by atoms with Gasteiger partial charge >= 0.3 is 5.97 Å². The molecule has 1 heterocycles. The van der Waals surface area contributed by atoms with Gasteiger partial charge in [-0.2, -0.15) is 0 Å². The van der Waals surface area contributed by atoms with Crippen LogP contribution in [0.1, 0.15) is 17.3 Å². The Bertz CT molecular complexity index is 736. The summed E-state index contributed by atoms with van der Waals surface area (Å²) in [4.78, 5) is 39.7. The van der Waals surface area contributed by atoms with Crippen molar-refractivity contribution in [3.05, 3.63) is 56.5 Å². The molecular formula is C13H11N3O5. The molecule has 1 N–H and O–H groups in total. The zero-order valence-electron chi connectivity index (χ0n) is 11.0. The largest absolute Gasteiger partial charge is 0.462 e. The molecule has 0 aliphatic rings. The predicted molar refractivity (Wildman–Crippen MR) is 72.9 cm³/mol. The normalized spacial score (nSPS) is 10.1. The fourth-order valence-corrected chi connectivity index (χ4v) is 1.64. The van der Waals surface area contributed by atoms with E-state index < -0.39 is 16.5 Å². The molecule has 2 rings (SSSR count). The number of ether oxygens (including phenoxy) is 1. The lowest BCUT2D eigenvalue weighted by Crippen LogP contribution is -2.20. The van der Waals surface area contributed by atoms with Crippen molar-refractivity contribution in [2.24, 2.45) is 0 Å². The van der Waals surface area contributed by atoms with Gasteiger partial charge in [-0.1, -0.05) is 0 Å². The Hall–Kier alpha value is -3.03. The van der Waals surface area contributed by atoms with Crippen molar-refractivity contribution >= 4 is 11.7 Å². The van der Waals surface area contributed by atoms with Crippen LogP contribution >= 0.6 is 0 Å². The number of rotatable bonds is 4. The fourth-order valence-electron chi connectivity index (χ4n) is 1.64. The average Bonchev–Trinajstić information content (AvgIpc) is 2.47. The molecular weight excluding hydrogens is 278 g/mol. The van der Waals surface area contributed by atoms with E-state index >= 15 is 0 Å². The van der Waals surface area contributed by atoms with Crippen LogP contribution in [0.15, 0.2) is 35.3 Å². The molecule has 0 spiro atoms. The maximum absolute atomic E-state index is 11.8. The summed E-state index contributed by atoms with van der Waals surface area (Å²) >= 11 is 0. The van der Waals surface area contributed by atoms with Crippen LogP contribution in [0.2, 0.25) is 0 Å². The Balaban J connectivity index is 2.33. The summed E-state index contributed by atoms with van der Waals surface area (Å²) in [7, 11) is 0. The van der Waals surface area contributed by atoms with Crippen LogP contribution < -0.4 is 5.56 Å². The maximum atomic E-state index is 11.8. The first-order chi connectivity index (χ1) is 10.0. The van der Waals surface area contributed by atoms with E-state index in [0.29, 0.717) is 5.56 Å². The van der Waals surface area contributed by atoms with Gasteiger partial charge in [0.1, 0.15) is 11.4 Å². The molecule has 21 heavy (non-hydrogen) atoms. The van der Waals surface area contributed by atoms with Gasteiger partial charge in [0.05, 0.1) is 11.5 Å². The van der Waals surface area contributed by atoms with Crippen molar-refractivity contribution in [1.29, 1.82) is 0 Å². The number of nitrogens with zero attached hydrogens (tertiary/aromatic N) is 2. The maximum Gasteiger partial charge on any atom is 0.345 e. The highest BCUT2D eigenvalue weighted by molar-refractivity contribution is 5.88. The number of aromatic nitrogens is 2. The summed E-state index contributed by atoms with van der Waals surface area (Å²) in [6.45, 7) is 1.78. The van der Waals surface area contributed by atoms with Gasteiger partial charge < -0.3 is 9.72 Å². The van der Waals surface area contributed by atoms with Gasteiger partial charge in [-0.15, -0.1) is 0 Å². The summed E-state index contributed by atoms with van der Waals surface area (Å²) in [6.07, 6.45) is 1.12. The molecule has 0 fully saturated rings. The van der Waals surface area contributed by atoms with Gasteiger partial charge in [0.15, 0.2) is 0 Å². The Morgan fingerprint density at radius 3 is 2.57 bits per heavy atom. The molecule has 0 radical (unpaired) electrons. The second kappa shape index (κ2) is 5.95. The molecule has 0 saturated heterocycles. The lowest BCUT2D eigenvalue weighted by molar-refractivity contribution is -0.384. The Morgan fingerprint density at radius 1 is 1.38 bits per heavy atom. The number of hydrogen-bond acceptors (Lipinski definition) is 6. The van der Waals surface area contributed by atoms with Crippen LogP contribution in [-0.2, 0) is 4.74 Å². The fraction of sp³-hybridized carbons (Fsp3) is 0.154. The lowest BCUT2D eigenvalue weighted by atomic mass is 10.2. The molecule has 1 aromatic heterocycles. The van der Waals surface area contributed by atoms with Crippen molar-refractivity contribution < 1.29 is 14.5 Å². The summed E-state index contributed by atoms with van der Waals surface area (Å²) < 4.78 is 4.72. The molecule has 0 amide bonds. The van der Waals surface area contributed by atoms with Gasteiger partial charge in [-0.25, -0.2) is 9.78 Å². The number of esters is 1. The van der Waals surface area contributed by atoms with Crippen LogP contribution in [0.25, 0.3) is 11.4 Å². The second-order valence-electron chi connectivity index (χ2n) is 4.00. The van der Waals surface area contributed by atoms with Crippen LogP contribution in [0.4, 0.5) is 5.69 Å². The van der Waals surface area contributed by atoms with E-state index in [2.05, 4.69) is 9.97 Å². The second-order valence-corrected chi connectivity index (χ2v) is 4.00. The highest BCUT2D eigenvalue weighted by Gasteiger charge is 2.14. The zero-order valence-corrected chi connectivity index (χ0v) is 11.0. The third-order valence-corrected chi connectivity index (χ3v) is 2.65. The number of aromatic amines is 1. The first kappa shape index (κ1) is 14.4. The van der Waals surface area contributed by atoms with Crippen LogP contribution in [-0.4, -0.2) is 27.5 Å².